The molecule has 0 aliphatic rings. The van der Waals surface area contributed by atoms with Crippen LogP contribution in [0.2, 0.25) is 0 Å². The van der Waals surface area contributed by atoms with Gasteiger partial charge in [0.15, 0.2) is 0 Å². The van der Waals surface area contributed by atoms with Gasteiger partial charge >= 0.3 is 0 Å². The molecule has 6 nitrogen and oxygen atoms in total. The molecule has 0 spiro atoms. The van der Waals surface area contributed by atoms with Gasteiger partial charge in [-0.3, -0.25) is 4.79 Å². The molecule has 1 aromatic heterocycles. The fourth-order valence-electron chi connectivity index (χ4n) is 2.22. The fourth-order valence-corrected chi connectivity index (χ4v) is 2.22. The fraction of sp³-hybridized carbons (Fsp3) is 0.444. The molecule has 0 bridgehead atoms. The molecule has 0 unspecified atom stereocenters. The number of H-pyrrole nitrogens is 1. The largest absolute Gasteiger partial charge is 0.379 e. The Kier molecular flexibility index (Phi) is 6.96. The molecule has 0 aliphatic carbocycles. The van der Waals surface area contributed by atoms with Crippen LogP contribution in [-0.2, 0) is 14.3 Å². The summed E-state index contributed by atoms with van der Waals surface area (Å²) in [6, 6.07) is 9.71. The molecule has 0 radical (unpaired) electrons. The average molecular weight is 331 g/mol. The van der Waals surface area contributed by atoms with Gasteiger partial charge in [-0.05, 0) is 26.3 Å². The van der Waals surface area contributed by atoms with Crippen molar-refractivity contribution in [2.24, 2.45) is 0 Å². The highest BCUT2D eigenvalue weighted by molar-refractivity contribution is 5.80. The smallest absolute Gasteiger partial charge is 0.249 e. The van der Waals surface area contributed by atoms with Crippen LogP contribution < -0.4 is 5.32 Å². The third-order valence-corrected chi connectivity index (χ3v) is 3.62. The Morgan fingerprint density at radius 1 is 1.25 bits per heavy atom. The molecule has 0 saturated heterocycles. The van der Waals surface area contributed by atoms with E-state index in [-0.39, 0.29) is 11.9 Å². The number of benzene rings is 1. The topological polar surface area (TPSA) is 76.2 Å². The number of carbonyl (C=O) groups is 1. The Balaban J connectivity index is 1.87. The van der Waals surface area contributed by atoms with Crippen molar-refractivity contribution in [2.75, 3.05) is 19.8 Å². The maximum Gasteiger partial charge on any atom is 0.249 e. The molecule has 1 amide bonds. The summed E-state index contributed by atoms with van der Waals surface area (Å²) in [7, 11) is 0. The first-order valence-electron chi connectivity index (χ1n) is 8.21. The van der Waals surface area contributed by atoms with Crippen LogP contribution in [0.3, 0.4) is 0 Å². The van der Waals surface area contributed by atoms with Gasteiger partial charge in [-0.15, -0.1) is 0 Å². The normalized spacial score (nSPS) is 13.5. The molecule has 2 rings (SSSR count). The number of aromatic nitrogens is 2. The molecule has 2 atom stereocenters. The van der Waals surface area contributed by atoms with Gasteiger partial charge in [0, 0.05) is 6.61 Å². The van der Waals surface area contributed by atoms with E-state index in [0.717, 1.165) is 11.3 Å². The van der Waals surface area contributed by atoms with Gasteiger partial charge in [-0.2, -0.15) is 0 Å². The van der Waals surface area contributed by atoms with E-state index in [4.69, 9.17) is 9.47 Å². The number of ether oxygens (including phenoxy) is 2. The Bertz CT molecular complexity index is 627. The Morgan fingerprint density at radius 2 is 2.00 bits per heavy atom. The van der Waals surface area contributed by atoms with Crippen LogP contribution >= 0.6 is 0 Å². The Hall–Kier alpha value is -2.18. The summed E-state index contributed by atoms with van der Waals surface area (Å²) < 4.78 is 10.6. The molecule has 6 heteroatoms. The van der Waals surface area contributed by atoms with Gasteiger partial charge in [0.1, 0.15) is 11.9 Å². The van der Waals surface area contributed by atoms with E-state index in [0.29, 0.717) is 25.6 Å². The van der Waals surface area contributed by atoms with E-state index in [1.807, 2.05) is 44.2 Å². The monoisotopic (exact) mass is 331 g/mol. The van der Waals surface area contributed by atoms with Crippen LogP contribution in [-0.4, -0.2) is 41.8 Å². The number of amides is 1. The number of imidazole rings is 1. The molecule has 2 aromatic rings. The Labute approximate surface area is 142 Å². The lowest BCUT2D eigenvalue weighted by Crippen LogP contribution is -2.37. The maximum absolute atomic E-state index is 12.1. The first kappa shape index (κ1) is 18.2. The van der Waals surface area contributed by atoms with E-state index in [2.05, 4.69) is 15.3 Å². The lowest BCUT2D eigenvalue weighted by molar-refractivity contribution is -0.133. The minimum absolute atomic E-state index is 0.170. The van der Waals surface area contributed by atoms with E-state index in [1.165, 1.54) is 0 Å². The quantitative estimate of drug-likeness (QED) is 0.693. The number of nitrogens with zero attached hydrogens (tertiary/aromatic N) is 1. The summed E-state index contributed by atoms with van der Waals surface area (Å²) in [6.45, 7) is 7.07. The van der Waals surface area contributed by atoms with Crippen molar-refractivity contribution in [1.82, 2.24) is 15.3 Å². The first-order chi connectivity index (χ1) is 11.6. The zero-order valence-corrected chi connectivity index (χ0v) is 14.4. The summed E-state index contributed by atoms with van der Waals surface area (Å²) in [4.78, 5) is 19.8. The van der Waals surface area contributed by atoms with E-state index < -0.39 is 6.10 Å². The minimum Gasteiger partial charge on any atom is -0.379 e. The van der Waals surface area contributed by atoms with Crippen molar-refractivity contribution >= 4 is 5.91 Å². The van der Waals surface area contributed by atoms with Gasteiger partial charge in [0.2, 0.25) is 5.91 Å². The van der Waals surface area contributed by atoms with Gasteiger partial charge in [0.25, 0.3) is 0 Å². The minimum atomic E-state index is -0.531. The summed E-state index contributed by atoms with van der Waals surface area (Å²) in [5, 5.41) is 2.90. The van der Waals surface area contributed by atoms with Crippen molar-refractivity contribution in [3.63, 3.8) is 0 Å². The molecular weight excluding hydrogens is 306 g/mol. The second kappa shape index (κ2) is 9.20. The predicted octanol–water partition coefficient (Wildman–Crippen LogP) is 2.70. The second-order valence-corrected chi connectivity index (χ2v) is 5.49. The molecular formula is C18H25N3O3. The maximum atomic E-state index is 12.1. The van der Waals surface area contributed by atoms with Crippen LogP contribution in [0.15, 0.2) is 36.5 Å². The lowest BCUT2D eigenvalue weighted by atomic mass is 10.2. The number of rotatable bonds is 9. The predicted molar refractivity (Wildman–Crippen MR) is 92.5 cm³/mol. The number of aromatic amines is 1. The molecule has 0 saturated carbocycles. The third-order valence-electron chi connectivity index (χ3n) is 3.62. The summed E-state index contributed by atoms with van der Waals surface area (Å²) in [5.74, 6) is 0.542. The first-order valence-corrected chi connectivity index (χ1v) is 8.21. The molecule has 24 heavy (non-hydrogen) atoms. The van der Waals surface area contributed by atoms with Crippen molar-refractivity contribution in [3.05, 3.63) is 42.4 Å². The number of hydrogen-bond donors (Lipinski definition) is 2. The average Bonchev–Trinajstić information content (AvgIpc) is 3.09. The highest BCUT2D eigenvalue weighted by Crippen LogP contribution is 2.18. The van der Waals surface area contributed by atoms with Gasteiger partial charge in [-0.1, -0.05) is 30.3 Å². The SMILES string of the molecule is CCOCCO[C@H](C)C(=O)N[C@H](C)c1ncc(-c2ccccc2)[nH]1. The Morgan fingerprint density at radius 3 is 2.71 bits per heavy atom. The van der Waals surface area contributed by atoms with Crippen molar-refractivity contribution < 1.29 is 14.3 Å². The van der Waals surface area contributed by atoms with E-state index in [1.54, 1.807) is 13.1 Å². The van der Waals surface area contributed by atoms with Gasteiger partial charge in [0.05, 0.1) is 31.1 Å². The molecule has 0 aliphatic heterocycles. The molecule has 1 aromatic carbocycles. The van der Waals surface area contributed by atoms with Crippen LogP contribution in [0.4, 0.5) is 0 Å². The van der Waals surface area contributed by atoms with Crippen LogP contribution in [0.5, 0.6) is 0 Å². The zero-order chi connectivity index (χ0) is 17.4. The summed E-state index contributed by atoms with van der Waals surface area (Å²) in [6.07, 6.45) is 1.24. The van der Waals surface area contributed by atoms with Crippen LogP contribution in [0, 0.1) is 0 Å². The third kappa shape index (κ3) is 5.18. The number of carbonyl (C=O) groups excluding carboxylic acids is 1. The van der Waals surface area contributed by atoms with E-state index in [9.17, 15) is 4.79 Å². The van der Waals surface area contributed by atoms with E-state index >= 15 is 0 Å². The van der Waals surface area contributed by atoms with Crippen molar-refractivity contribution in [3.8, 4) is 11.3 Å². The molecule has 2 N–H and O–H groups in total. The van der Waals surface area contributed by atoms with Crippen molar-refractivity contribution in [1.29, 1.82) is 0 Å². The highest BCUT2D eigenvalue weighted by atomic mass is 16.5. The van der Waals surface area contributed by atoms with Gasteiger partial charge < -0.3 is 19.8 Å². The van der Waals surface area contributed by atoms with Crippen LogP contribution in [0.25, 0.3) is 11.3 Å². The van der Waals surface area contributed by atoms with Crippen molar-refractivity contribution in [2.45, 2.75) is 32.9 Å². The lowest BCUT2D eigenvalue weighted by Gasteiger charge is -2.16. The molecule has 130 valence electrons. The highest BCUT2D eigenvalue weighted by Gasteiger charge is 2.18. The summed E-state index contributed by atoms with van der Waals surface area (Å²) in [5.41, 5.74) is 1.98. The van der Waals surface area contributed by atoms with Crippen LogP contribution in [0.1, 0.15) is 32.6 Å². The standard InChI is InChI=1S/C18H25N3O3/c1-4-23-10-11-24-14(3)18(22)20-13(2)17-19-12-16(21-17)15-8-6-5-7-9-15/h5-9,12-14H,4,10-11H2,1-3H3,(H,19,21)(H,20,22)/t13-,14-/m1/s1. The number of nitrogens with one attached hydrogen (secondary N) is 2. The molecule has 0 fully saturated rings. The molecule has 1 heterocycles. The zero-order valence-electron chi connectivity index (χ0n) is 14.4. The summed E-state index contributed by atoms with van der Waals surface area (Å²) >= 11 is 0. The number of hydrogen-bond acceptors (Lipinski definition) is 4. The second-order valence-electron chi connectivity index (χ2n) is 5.49. The van der Waals surface area contributed by atoms with Gasteiger partial charge in [-0.25, -0.2) is 4.98 Å².